The summed E-state index contributed by atoms with van der Waals surface area (Å²) < 4.78 is 45.9. The molecule has 1 fully saturated rings. The van der Waals surface area contributed by atoms with E-state index in [1.807, 2.05) is 0 Å². The molecule has 0 aliphatic carbocycles. The highest BCUT2D eigenvalue weighted by Gasteiger charge is 2.29. The number of amides is 1. The summed E-state index contributed by atoms with van der Waals surface area (Å²) in [7, 11) is -2.12. The molecule has 6 nitrogen and oxygen atoms in total. The SMILES string of the molecule is COc1ccc(S(=O)(=O)N2CCN(C(=O)C=C(C)c3ccccc3F)CC2)cc1. The largest absolute Gasteiger partial charge is 0.497 e. The van der Waals surface area contributed by atoms with E-state index in [9.17, 15) is 17.6 Å². The molecule has 154 valence electrons. The lowest BCUT2D eigenvalue weighted by Gasteiger charge is -2.33. The van der Waals surface area contributed by atoms with Gasteiger partial charge in [-0.25, -0.2) is 12.8 Å². The van der Waals surface area contributed by atoms with Crippen LogP contribution in [0, 0.1) is 5.82 Å². The van der Waals surface area contributed by atoms with Gasteiger partial charge in [-0.2, -0.15) is 4.31 Å². The number of sulfonamides is 1. The number of methoxy groups -OCH3 is 1. The third-order valence-corrected chi connectivity index (χ3v) is 6.80. The molecule has 0 unspecified atom stereocenters. The van der Waals surface area contributed by atoms with E-state index in [0.29, 0.717) is 16.9 Å². The second kappa shape index (κ2) is 8.75. The van der Waals surface area contributed by atoms with Crippen molar-refractivity contribution in [3.8, 4) is 5.75 Å². The normalized spacial score (nSPS) is 16.0. The fourth-order valence-corrected chi connectivity index (χ4v) is 4.60. The van der Waals surface area contributed by atoms with Gasteiger partial charge in [0, 0.05) is 37.8 Å². The van der Waals surface area contributed by atoms with Crippen LogP contribution >= 0.6 is 0 Å². The zero-order valence-electron chi connectivity index (χ0n) is 16.3. The molecule has 0 radical (unpaired) electrons. The van der Waals surface area contributed by atoms with E-state index in [-0.39, 0.29) is 42.8 Å². The van der Waals surface area contributed by atoms with Crippen molar-refractivity contribution in [1.29, 1.82) is 0 Å². The molecular formula is C21H23FN2O4S. The van der Waals surface area contributed by atoms with Crippen LogP contribution in [0.2, 0.25) is 0 Å². The van der Waals surface area contributed by atoms with Gasteiger partial charge in [-0.15, -0.1) is 0 Å². The Kier molecular flexibility index (Phi) is 6.34. The molecule has 2 aromatic rings. The summed E-state index contributed by atoms with van der Waals surface area (Å²) in [5.41, 5.74) is 0.906. The van der Waals surface area contributed by atoms with Crippen LogP contribution in [0.15, 0.2) is 59.5 Å². The van der Waals surface area contributed by atoms with Gasteiger partial charge in [0.15, 0.2) is 0 Å². The standard InChI is InChI=1S/C21H23FN2O4S/c1-16(19-5-3-4-6-20(19)22)15-21(25)23-11-13-24(14-12-23)29(26,27)18-9-7-17(28-2)8-10-18/h3-10,15H,11-14H2,1-2H3. The Morgan fingerprint density at radius 1 is 1.03 bits per heavy atom. The molecule has 0 N–H and O–H groups in total. The summed E-state index contributed by atoms with van der Waals surface area (Å²) in [4.78, 5) is 14.3. The fraction of sp³-hybridized carbons (Fsp3) is 0.286. The molecule has 29 heavy (non-hydrogen) atoms. The number of benzene rings is 2. The lowest BCUT2D eigenvalue weighted by molar-refractivity contribution is -0.127. The molecule has 1 aliphatic rings. The van der Waals surface area contributed by atoms with Crippen LogP contribution in [0.5, 0.6) is 5.75 Å². The first-order valence-electron chi connectivity index (χ1n) is 9.19. The van der Waals surface area contributed by atoms with Gasteiger partial charge in [-0.05, 0) is 42.8 Å². The molecule has 1 aliphatic heterocycles. The minimum Gasteiger partial charge on any atom is -0.497 e. The fourth-order valence-electron chi connectivity index (χ4n) is 3.18. The number of hydrogen-bond donors (Lipinski definition) is 0. The van der Waals surface area contributed by atoms with Crippen LogP contribution in [0.1, 0.15) is 12.5 Å². The molecule has 1 amide bonds. The number of ether oxygens (including phenoxy) is 1. The van der Waals surface area contributed by atoms with Crippen molar-refractivity contribution in [2.24, 2.45) is 0 Å². The van der Waals surface area contributed by atoms with Crippen molar-refractivity contribution in [2.75, 3.05) is 33.3 Å². The Bertz CT molecular complexity index is 1010. The summed E-state index contributed by atoms with van der Waals surface area (Å²) in [6.45, 7) is 2.63. The second-order valence-corrected chi connectivity index (χ2v) is 8.65. The Morgan fingerprint density at radius 3 is 2.24 bits per heavy atom. The van der Waals surface area contributed by atoms with Crippen molar-refractivity contribution in [2.45, 2.75) is 11.8 Å². The van der Waals surface area contributed by atoms with E-state index in [0.717, 1.165) is 0 Å². The van der Waals surface area contributed by atoms with E-state index in [2.05, 4.69) is 0 Å². The van der Waals surface area contributed by atoms with Crippen molar-refractivity contribution in [1.82, 2.24) is 9.21 Å². The lowest BCUT2D eigenvalue weighted by atomic mass is 10.1. The highest BCUT2D eigenvalue weighted by molar-refractivity contribution is 7.89. The number of allylic oxidation sites excluding steroid dienone is 1. The van der Waals surface area contributed by atoms with Crippen molar-refractivity contribution in [3.63, 3.8) is 0 Å². The Labute approximate surface area is 170 Å². The minimum absolute atomic E-state index is 0.188. The maximum atomic E-state index is 13.9. The maximum absolute atomic E-state index is 13.9. The third-order valence-electron chi connectivity index (χ3n) is 4.89. The minimum atomic E-state index is -3.63. The van der Waals surface area contributed by atoms with E-state index in [1.165, 1.54) is 35.7 Å². The number of piperazine rings is 1. The molecule has 0 atom stereocenters. The first-order valence-corrected chi connectivity index (χ1v) is 10.6. The van der Waals surface area contributed by atoms with Gasteiger partial charge in [0.2, 0.25) is 15.9 Å². The molecule has 2 aromatic carbocycles. The smallest absolute Gasteiger partial charge is 0.246 e. The molecule has 0 aromatic heterocycles. The predicted molar refractivity (Wildman–Crippen MR) is 108 cm³/mol. The first kappa shape index (κ1) is 21.0. The van der Waals surface area contributed by atoms with E-state index in [4.69, 9.17) is 4.74 Å². The van der Waals surface area contributed by atoms with Gasteiger partial charge in [-0.3, -0.25) is 4.79 Å². The molecule has 0 saturated carbocycles. The number of hydrogen-bond acceptors (Lipinski definition) is 4. The Balaban J connectivity index is 1.65. The first-order chi connectivity index (χ1) is 13.8. The van der Waals surface area contributed by atoms with Gasteiger partial charge < -0.3 is 9.64 Å². The highest BCUT2D eigenvalue weighted by atomic mass is 32.2. The van der Waals surface area contributed by atoms with Gasteiger partial charge in [0.1, 0.15) is 11.6 Å². The molecule has 0 spiro atoms. The van der Waals surface area contributed by atoms with Crippen molar-refractivity contribution < 1.29 is 22.3 Å². The van der Waals surface area contributed by atoms with E-state index < -0.39 is 10.0 Å². The molecule has 0 bridgehead atoms. The summed E-state index contributed by atoms with van der Waals surface area (Å²) in [5.74, 6) is -0.0620. The second-order valence-electron chi connectivity index (χ2n) is 6.71. The quantitative estimate of drug-likeness (QED) is 0.701. The number of carbonyl (C=O) groups excluding carboxylic acids is 1. The Hall–Kier alpha value is -2.71. The van der Waals surface area contributed by atoms with Crippen molar-refractivity contribution >= 4 is 21.5 Å². The van der Waals surface area contributed by atoms with Crippen LogP contribution < -0.4 is 4.74 Å². The summed E-state index contributed by atoms with van der Waals surface area (Å²) in [5, 5.41) is 0. The van der Waals surface area contributed by atoms with Crippen molar-refractivity contribution in [3.05, 3.63) is 66.0 Å². The zero-order chi connectivity index (χ0) is 21.0. The topological polar surface area (TPSA) is 66.9 Å². The number of halogens is 1. The summed E-state index contributed by atoms with van der Waals surface area (Å²) in [6.07, 6.45) is 1.39. The molecule has 8 heteroatoms. The van der Waals surface area contributed by atoms with Crippen LogP contribution in [0.25, 0.3) is 5.57 Å². The van der Waals surface area contributed by atoms with E-state index >= 15 is 0 Å². The molecule has 1 saturated heterocycles. The molecule has 1 heterocycles. The van der Waals surface area contributed by atoms with Crippen LogP contribution in [0.3, 0.4) is 0 Å². The highest BCUT2D eigenvalue weighted by Crippen LogP contribution is 2.21. The summed E-state index contributed by atoms with van der Waals surface area (Å²) >= 11 is 0. The van der Waals surface area contributed by atoms with Crippen LogP contribution in [0.4, 0.5) is 4.39 Å². The maximum Gasteiger partial charge on any atom is 0.246 e. The third kappa shape index (κ3) is 4.65. The molecule has 3 rings (SSSR count). The number of rotatable bonds is 5. The Morgan fingerprint density at radius 2 is 1.66 bits per heavy atom. The lowest BCUT2D eigenvalue weighted by Crippen LogP contribution is -2.50. The van der Waals surface area contributed by atoms with E-state index in [1.54, 1.807) is 42.2 Å². The average molecular weight is 418 g/mol. The van der Waals surface area contributed by atoms with Crippen LogP contribution in [-0.4, -0.2) is 56.8 Å². The van der Waals surface area contributed by atoms with Gasteiger partial charge in [-0.1, -0.05) is 18.2 Å². The zero-order valence-corrected chi connectivity index (χ0v) is 17.2. The molecular weight excluding hydrogens is 395 g/mol. The van der Waals surface area contributed by atoms with Gasteiger partial charge in [0.05, 0.1) is 12.0 Å². The van der Waals surface area contributed by atoms with Gasteiger partial charge in [0.25, 0.3) is 0 Å². The number of nitrogens with zero attached hydrogens (tertiary/aromatic N) is 2. The summed E-state index contributed by atoms with van der Waals surface area (Å²) in [6, 6.07) is 12.5. The van der Waals surface area contributed by atoms with Gasteiger partial charge >= 0.3 is 0 Å². The predicted octanol–water partition coefficient (Wildman–Crippen LogP) is 2.77. The number of carbonyl (C=O) groups is 1. The van der Waals surface area contributed by atoms with Crippen LogP contribution in [-0.2, 0) is 14.8 Å². The average Bonchev–Trinajstić information content (AvgIpc) is 2.74. The monoisotopic (exact) mass is 418 g/mol.